The summed E-state index contributed by atoms with van der Waals surface area (Å²) in [5.41, 5.74) is 0.286. The van der Waals surface area contributed by atoms with Gasteiger partial charge in [0.1, 0.15) is 0 Å². The summed E-state index contributed by atoms with van der Waals surface area (Å²) in [6.45, 7) is 11.3. The van der Waals surface area contributed by atoms with Crippen LogP contribution in [0.5, 0.6) is 0 Å². The van der Waals surface area contributed by atoms with Gasteiger partial charge in [0.15, 0.2) is 0 Å². The molecule has 0 bridgehead atoms. The molecule has 1 aliphatic rings. The van der Waals surface area contributed by atoms with Gasteiger partial charge in [0.2, 0.25) is 0 Å². The maximum Gasteiger partial charge on any atom is 0.0618 e. The minimum atomic E-state index is 0.286. The minimum absolute atomic E-state index is 0.286. The second-order valence-corrected chi connectivity index (χ2v) is 5.27. The number of rotatable bonds is 2. The van der Waals surface area contributed by atoms with Crippen LogP contribution < -0.4 is 0 Å². The molecule has 13 heavy (non-hydrogen) atoms. The van der Waals surface area contributed by atoms with Gasteiger partial charge in [0.05, 0.1) is 6.61 Å². The topological polar surface area (TPSA) is 12.5 Å². The molecule has 0 amide bonds. The molecule has 0 spiro atoms. The Balaban J connectivity index is 2.60. The second kappa shape index (κ2) is 3.97. The van der Waals surface area contributed by atoms with Crippen LogP contribution in [-0.4, -0.2) is 36.7 Å². The van der Waals surface area contributed by atoms with Crippen molar-refractivity contribution < 1.29 is 4.74 Å². The van der Waals surface area contributed by atoms with Crippen LogP contribution in [0, 0.1) is 5.92 Å². The number of methoxy groups -OCH3 is 1. The highest BCUT2D eigenvalue weighted by Gasteiger charge is 2.35. The first-order chi connectivity index (χ1) is 5.95. The van der Waals surface area contributed by atoms with Gasteiger partial charge in [0.25, 0.3) is 0 Å². The normalized spacial score (nSPS) is 31.2. The number of nitrogens with zero attached hydrogens (tertiary/aromatic N) is 1. The van der Waals surface area contributed by atoms with E-state index in [-0.39, 0.29) is 5.54 Å². The summed E-state index contributed by atoms with van der Waals surface area (Å²) < 4.78 is 5.26. The van der Waals surface area contributed by atoms with Gasteiger partial charge in [0, 0.05) is 25.2 Å². The van der Waals surface area contributed by atoms with Crippen LogP contribution in [0.1, 0.15) is 34.1 Å². The highest BCUT2D eigenvalue weighted by Crippen LogP contribution is 2.29. The predicted octanol–water partition coefficient (Wildman–Crippen LogP) is 2.14. The van der Waals surface area contributed by atoms with Crippen LogP contribution >= 0.6 is 0 Å². The standard InChI is InChI=1S/C11H23NO/c1-9-6-10(8-13-5)12(7-9)11(2,3)4/h9-10H,6-8H2,1-5H3/t9-,10-/m0/s1. The summed E-state index contributed by atoms with van der Waals surface area (Å²) in [7, 11) is 1.80. The molecule has 2 atom stereocenters. The molecule has 2 nitrogen and oxygen atoms in total. The van der Waals surface area contributed by atoms with E-state index in [4.69, 9.17) is 4.74 Å². The van der Waals surface area contributed by atoms with Gasteiger partial charge in [-0.1, -0.05) is 6.92 Å². The summed E-state index contributed by atoms with van der Waals surface area (Å²) in [5, 5.41) is 0. The lowest BCUT2D eigenvalue weighted by Gasteiger charge is -2.36. The predicted molar refractivity (Wildman–Crippen MR) is 55.9 cm³/mol. The van der Waals surface area contributed by atoms with Gasteiger partial charge in [-0.15, -0.1) is 0 Å². The van der Waals surface area contributed by atoms with E-state index in [2.05, 4.69) is 32.6 Å². The highest BCUT2D eigenvalue weighted by molar-refractivity contribution is 4.90. The zero-order valence-electron chi connectivity index (χ0n) is 9.63. The minimum Gasteiger partial charge on any atom is -0.383 e. The molecule has 1 fully saturated rings. The molecule has 0 radical (unpaired) electrons. The summed E-state index contributed by atoms with van der Waals surface area (Å²) in [5.74, 6) is 0.819. The van der Waals surface area contributed by atoms with Gasteiger partial charge in [-0.05, 0) is 33.1 Å². The van der Waals surface area contributed by atoms with E-state index in [1.165, 1.54) is 13.0 Å². The molecule has 1 saturated heterocycles. The summed E-state index contributed by atoms with van der Waals surface area (Å²) in [4.78, 5) is 2.57. The van der Waals surface area contributed by atoms with Gasteiger partial charge >= 0.3 is 0 Å². The highest BCUT2D eigenvalue weighted by atomic mass is 16.5. The maximum absolute atomic E-state index is 5.26. The van der Waals surface area contributed by atoms with E-state index in [9.17, 15) is 0 Å². The zero-order valence-corrected chi connectivity index (χ0v) is 9.63. The van der Waals surface area contributed by atoms with Gasteiger partial charge in [-0.25, -0.2) is 0 Å². The molecule has 0 unspecified atom stereocenters. The van der Waals surface area contributed by atoms with E-state index in [1.54, 1.807) is 7.11 Å². The Bertz CT molecular complexity index is 162. The van der Waals surface area contributed by atoms with Crippen molar-refractivity contribution in [2.45, 2.75) is 45.7 Å². The Morgan fingerprint density at radius 2 is 2.00 bits per heavy atom. The molecular weight excluding hydrogens is 162 g/mol. The molecule has 0 aromatic rings. The van der Waals surface area contributed by atoms with Crippen LogP contribution in [-0.2, 0) is 4.74 Å². The van der Waals surface area contributed by atoms with Crippen LogP contribution in [0.2, 0.25) is 0 Å². The SMILES string of the molecule is COC[C@@H]1C[C@H](C)CN1C(C)(C)C. The quantitative estimate of drug-likeness (QED) is 0.653. The summed E-state index contributed by atoms with van der Waals surface area (Å²) >= 11 is 0. The van der Waals surface area contributed by atoms with Crippen molar-refractivity contribution in [3.63, 3.8) is 0 Å². The van der Waals surface area contributed by atoms with Crippen molar-refractivity contribution in [3.8, 4) is 0 Å². The third-order valence-electron chi connectivity index (χ3n) is 2.84. The Kier molecular flexibility index (Phi) is 3.36. The third kappa shape index (κ3) is 2.68. The third-order valence-corrected chi connectivity index (χ3v) is 2.84. The molecule has 1 heterocycles. The number of hydrogen-bond donors (Lipinski definition) is 0. The van der Waals surface area contributed by atoms with Crippen LogP contribution in [0.15, 0.2) is 0 Å². The van der Waals surface area contributed by atoms with Crippen LogP contribution in [0.25, 0.3) is 0 Å². The number of likely N-dealkylation sites (tertiary alicyclic amines) is 1. The van der Waals surface area contributed by atoms with E-state index in [0.29, 0.717) is 6.04 Å². The fourth-order valence-electron chi connectivity index (χ4n) is 2.32. The van der Waals surface area contributed by atoms with Crippen molar-refractivity contribution in [3.05, 3.63) is 0 Å². The Morgan fingerprint density at radius 1 is 1.38 bits per heavy atom. The van der Waals surface area contributed by atoms with Crippen molar-refractivity contribution in [2.75, 3.05) is 20.3 Å². The Labute approximate surface area is 82.3 Å². The number of hydrogen-bond acceptors (Lipinski definition) is 2. The monoisotopic (exact) mass is 185 g/mol. The Hall–Kier alpha value is -0.0800. The van der Waals surface area contributed by atoms with Crippen molar-refractivity contribution in [1.29, 1.82) is 0 Å². The molecule has 0 N–H and O–H groups in total. The molecule has 0 aromatic heterocycles. The van der Waals surface area contributed by atoms with E-state index in [1.807, 2.05) is 0 Å². The molecule has 1 rings (SSSR count). The summed E-state index contributed by atoms with van der Waals surface area (Å²) in [6.07, 6.45) is 1.28. The summed E-state index contributed by atoms with van der Waals surface area (Å²) in [6, 6.07) is 0.625. The van der Waals surface area contributed by atoms with E-state index < -0.39 is 0 Å². The Morgan fingerprint density at radius 3 is 2.46 bits per heavy atom. The molecule has 0 saturated carbocycles. The first kappa shape index (κ1) is 11.0. The molecule has 1 aliphatic heterocycles. The fourth-order valence-corrected chi connectivity index (χ4v) is 2.32. The maximum atomic E-state index is 5.26. The second-order valence-electron chi connectivity index (χ2n) is 5.27. The molecule has 0 aliphatic carbocycles. The van der Waals surface area contributed by atoms with Crippen LogP contribution in [0.3, 0.4) is 0 Å². The molecule has 0 aromatic carbocycles. The van der Waals surface area contributed by atoms with E-state index in [0.717, 1.165) is 12.5 Å². The largest absolute Gasteiger partial charge is 0.383 e. The lowest BCUT2D eigenvalue weighted by Crippen LogP contribution is -2.46. The lowest BCUT2D eigenvalue weighted by atomic mass is 10.0. The van der Waals surface area contributed by atoms with Gasteiger partial charge < -0.3 is 4.74 Å². The molecule has 2 heteroatoms. The van der Waals surface area contributed by atoms with E-state index >= 15 is 0 Å². The van der Waals surface area contributed by atoms with Crippen LogP contribution in [0.4, 0.5) is 0 Å². The van der Waals surface area contributed by atoms with Gasteiger partial charge in [-0.2, -0.15) is 0 Å². The van der Waals surface area contributed by atoms with Crippen molar-refractivity contribution >= 4 is 0 Å². The lowest BCUT2D eigenvalue weighted by molar-refractivity contribution is 0.0599. The average molecular weight is 185 g/mol. The smallest absolute Gasteiger partial charge is 0.0618 e. The molecule has 78 valence electrons. The van der Waals surface area contributed by atoms with Crippen molar-refractivity contribution in [1.82, 2.24) is 4.90 Å². The first-order valence-corrected chi connectivity index (χ1v) is 5.21. The molecular formula is C11H23NO. The number of ether oxygens (including phenoxy) is 1. The first-order valence-electron chi connectivity index (χ1n) is 5.21. The van der Waals surface area contributed by atoms with Gasteiger partial charge in [-0.3, -0.25) is 4.90 Å². The average Bonchev–Trinajstić information content (AvgIpc) is 2.30. The van der Waals surface area contributed by atoms with Crippen molar-refractivity contribution in [2.24, 2.45) is 5.92 Å². The zero-order chi connectivity index (χ0) is 10.1. The fraction of sp³-hybridized carbons (Fsp3) is 1.00.